The zero-order chi connectivity index (χ0) is 16.9. The predicted octanol–water partition coefficient (Wildman–Crippen LogP) is 3.26. The summed E-state index contributed by atoms with van der Waals surface area (Å²) in [6.07, 6.45) is 0.777. The monoisotopic (exact) mass is 345 g/mol. The van der Waals surface area contributed by atoms with Crippen LogP contribution in [0, 0.1) is 0 Å². The fourth-order valence-corrected chi connectivity index (χ4v) is 4.63. The van der Waals surface area contributed by atoms with E-state index in [1.165, 1.54) is 6.07 Å². The van der Waals surface area contributed by atoms with Gasteiger partial charge in [0, 0.05) is 25.3 Å². The first kappa shape index (κ1) is 16.6. The molecule has 1 heterocycles. The molecule has 0 spiro atoms. The molecule has 1 aromatic rings. The Labute approximate surface area is 135 Å². The number of alkyl halides is 2. The molecule has 3 rings (SSSR count). The maximum atomic E-state index is 13.4. The fourth-order valence-electron chi connectivity index (χ4n) is 3.31. The largest absolute Gasteiger partial charge is 0.487 e. The second kappa shape index (κ2) is 5.41. The van der Waals surface area contributed by atoms with Crippen LogP contribution in [0.5, 0.6) is 5.75 Å². The number of fused-ring (bicyclic) bond motifs is 1. The highest BCUT2D eigenvalue weighted by molar-refractivity contribution is 7.89. The Hall–Kier alpha value is -1.21. The number of benzene rings is 1. The Morgan fingerprint density at radius 3 is 2.74 bits per heavy atom. The Morgan fingerprint density at radius 2 is 2.04 bits per heavy atom. The third kappa shape index (κ3) is 3.66. The predicted molar refractivity (Wildman–Crippen MR) is 82.4 cm³/mol. The second-order valence-corrected chi connectivity index (χ2v) is 8.79. The lowest BCUT2D eigenvalue weighted by Gasteiger charge is -2.29. The van der Waals surface area contributed by atoms with Crippen molar-refractivity contribution in [2.75, 3.05) is 0 Å². The lowest BCUT2D eigenvalue weighted by molar-refractivity contribution is -0.0414. The van der Waals surface area contributed by atoms with Crippen LogP contribution >= 0.6 is 0 Å². The molecule has 1 fully saturated rings. The van der Waals surface area contributed by atoms with E-state index in [4.69, 9.17) is 4.74 Å². The molecular weight excluding hydrogens is 324 g/mol. The van der Waals surface area contributed by atoms with Crippen LogP contribution in [-0.4, -0.2) is 26.0 Å². The third-order valence-electron chi connectivity index (χ3n) is 4.31. The van der Waals surface area contributed by atoms with Crippen molar-refractivity contribution in [2.45, 2.75) is 68.4 Å². The van der Waals surface area contributed by atoms with Crippen molar-refractivity contribution in [1.29, 1.82) is 0 Å². The van der Waals surface area contributed by atoms with Gasteiger partial charge in [0.05, 0.1) is 4.90 Å². The molecule has 1 aliphatic heterocycles. The SMILES string of the molecule is CC1(C)Cc2cc(S(=O)(=O)NC3CCCC(F)(F)C3)ccc2O1. The average Bonchev–Trinajstić information content (AvgIpc) is 2.69. The molecule has 0 bridgehead atoms. The lowest BCUT2D eigenvalue weighted by atomic mass is 9.93. The van der Waals surface area contributed by atoms with Crippen molar-refractivity contribution in [2.24, 2.45) is 0 Å². The van der Waals surface area contributed by atoms with Crippen LogP contribution in [0.4, 0.5) is 8.78 Å². The molecule has 1 unspecified atom stereocenters. The van der Waals surface area contributed by atoms with Crippen LogP contribution < -0.4 is 9.46 Å². The normalized spacial score (nSPS) is 25.7. The van der Waals surface area contributed by atoms with Crippen LogP contribution in [-0.2, 0) is 16.4 Å². The Kier molecular flexibility index (Phi) is 3.92. The minimum absolute atomic E-state index is 0.103. The summed E-state index contributed by atoms with van der Waals surface area (Å²) in [7, 11) is -3.81. The van der Waals surface area contributed by atoms with Gasteiger partial charge in [-0.2, -0.15) is 0 Å². The highest BCUT2D eigenvalue weighted by Gasteiger charge is 2.38. The van der Waals surface area contributed by atoms with Crippen molar-refractivity contribution in [3.63, 3.8) is 0 Å². The molecule has 0 radical (unpaired) electrons. The molecule has 0 aromatic heterocycles. The standard InChI is InChI=1S/C16H21F2NO3S/c1-15(2)9-11-8-13(5-6-14(11)22-15)23(20,21)19-12-4-3-7-16(17,18)10-12/h5-6,8,12,19H,3-4,7,9-10H2,1-2H3. The molecule has 7 heteroatoms. The topological polar surface area (TPSA) is 55.4 Å². The van der Waals surface area contributed by atoms with E-state index in [2.05, 4.69) is 4.72 Å². The van der Waals surface area contributed by atoms with Crippen molar-refractivity contribution in [3.8, 4) is 5.75 Å². The number of hydrogen-bond donors (Lipinski definition) is 1. The molecule has 128 valence electrons. The molecule has 1 N–H and O–H groups in total. The van der Waals surface area contributed by atoms with E-state index < -0.39 is 28.4 Å². The first-order chi connectivity index (χ1) is 10.6. The first-order valence-corrected chi connectivity index (χ1v) is 9.27. The van der Waals surface area contributed by atoms with Crippen LogP contribution in [0.3, 0.4) is 0 Å². The van der Waals surface area contributed by atoms with E-state index in [9.17, 15) is 17.2 Å². The van der Waals surface area contributed by atoms with E-state index in [0.717, 1.165) is 5.56 Å². The van der Waals surface area contributed by atoms with Gasteiger partial charge in [0.25, 0.3) is 0 Å². The van der Waals surface area contributed by atoms with Crippen molar-refractivity contribution >= 4 is 10.0 Å². The van der Waals surface area contributed by atoms with Gasteiger partial charge in [-0.15, -0.1) is 0 Å². The van der Waals surface area contributed by atoms with Crippen molar-refractivity contribution in [1.82, 2.24) is 4.72 Å². The van der Waals surface area contributed by atoms with E-state index in [1.54, 1.807) is 12.1 Å². The zero-order valence-corrected chi connectivity index (χ0v) is 14.1. The summed E-state index contributed by atoms with van der Waals surface area (Å²) in [6, 6.07) is 3.95. The minimum atomic E-state index is -3.81. The molecule has 1 atom stereocenters. The summed E-state index contributed by atoms with van der Waals surface area (Å²) in [6.45, 7) is 3.87. The van der Waals surface area contributed by atoms with Crippen LogP contribution in [0.1, 0.15) is 45.1 Å². The van der Waals surface area contributed by atoms with Crippen LogP contribution in [0.2, 0.25) is 0 Å². The van der Waals surface area contributed by atoms with Crippen LogP contribution in [0.15, 0.2) is 23.1 Å². The third-order valence-corrected chi connectivity index (χ3v) is 5.82. The van der Waals surface area contributed by atoms with E-state index >= 15 is 0 Å². The number of sulfonamides is 1. The maximum absolute atomic E-state index is 13.4. The minimum Gasteiger partial charge on any atom is -0.487 e. The van der Waals surface area contributed by atoms with Crippen LogP contribution in [0.25, 0.3) is 0 Å². The van der Waals surface area contributed by atoms with E-state index in [1.807, 2.05) is 13.8 Å². The summed E-state index contributed by atoms with van der Waals surface area (Å²) >= 11 is 0. The maximum Gasteiger partial charge on any atom is 0.249 e. The summed E-state index contributed by atoms with van der Waals surface area (Å²) < 4.78 is 60.0. The number of hydrogen-bond acceptors (Lipinski definition) is 3. The Morgan fingerprint density at radius 1 is 1.30 bits per heavy atom. The quantitative estimate of drug-likeness (QED) is 0.915. The van der Waals surface area contributed by atoms with Gasteiger partial charge in [0.2, 0.25) is 15.9 Å². The second-order valence-electron chi connectivity index (χ2n) is 7.08. The average molecular weight is 345 g/mol. The van der Waals surface area contributed by atoms with Gasteiger partial charge in [-0.1, -0.05) is 0 Å². The highest BCUT2D eigenvalue weighted by atomic mass is 32.2. The summed E-state index contributed by atoms with van der Waals surface area (Å²) in [5, 5.41) is 0. The van der Waals surface area contributed by atoms with Gasteiger partial charge in [-0.05, 0) is 50.5 Å². The first-order valence-electron chi connectivity index (χ1n) is 7.79. The van der Waals surface area contributed by atoms with E-state index in [0.29, 0.717) is 25.0 Å². The smallest absolute Gasteiger partial charge is 0.249 e. The van der Waals surface area contributed by atoms with Gasteiger partial charge in [0.1, 0.15) is 11.4 Å². The Bertz CT molecular complexity index is 716. The molecule has 1 saturated carbocycles. The number of halogens is 2. The highest BCUT2D eigenvalue weighted by Crippen LogP contribution is 2.37. The van der Waals surface area contributed by atoms with Gasteiger partial charge in [-0.3, -0.25) is 0 Å². The van der Waals surface area contributed by atoms with Gasteiger partial charge in [0.15, 0.2) is 0 Å². The van der Waals surface area contributed by atoms with Gasteiger partial charge < -0.3 is 4.74 Å². The molecule has 4 nitrogen and oxygen atoms in total. The molecule has 1 aliphatic carbocycles. The Balaban J connectivity index is 1.79. The number of rotatable bonds is 3. The number of nitrogens with one attached hydrogen (secondary N) is 1. The van der Waals surface area contributed by atoms with Crippen molar-refractivity contribution in [3.05, 3.63) is 23.8 Å². The molecule has 0 amide bonds. The van der Waals surface area contributed by atoms with Crippen molar-refractivity contribution < 1.29 is 21.9 Å². The molecule has 0 saturated heterocycles. The molecule has 23 heavy (non-hydrogen) atoms. The zero-order valence-electron chi connectivity index (χ0n) is 13.2. The lowest BCUT2D eigenvalue weighted by Crippen LogP contribution is -2.42. The summed E-state index contributed by atoms with van der Waals surface area (Å²) in [4.78, 5) is 0.103. The molecule has 2 aliphatic rings. The van der Waals surface area contributed by atoms with Gasteiger partial charge >= 0.3 is 0 Å². The van der Waals surface area contributed by atoms with Gasteiger partial charge in [-0.25, -0.2) is 21.9 Å². The summed E-state index contributed by atoms with van der Waals surface area (Å²) in [5.74, 6) is -2.11. The summed E-state index contributed by atoms with van der Waals surface area (Å²) in [5.41, 5.74) is 0.468. The molecular formula is C16H21F2NO3S. The number of ether oxygens (including phenoxy) is 1. The van der Waals surface area contributed by atoms with E-state index in [-0.39, 0.29) is 16.9 Å². The fraction of sp³-hybridized carbons (Fsp3) is 0.625. The molecule has 1 aromatic carbocycles.